The van der Waals surface area contributed by atoms with Crippen LogP contribution in [0.3, 0.4) is 0 Å². The third kappa shape index (κ3) is 3.70. The van der Waals surface area contributed by atoms with Crippen LogP contribution in [0, 0.1) is 13.8 Å². The maximum absolute atomic E-state index is 3.43. The van der Waals surface area contributed by atoms with Crippen molar-refractivity contribution < 1.29 is 0 Å². The van der Waals surface area contributed by atoms with E-state index in [0.717, 1.165) is 26.2 Å². The summed E-state index contributed by atoms with van der Waals surface area (Å²) in [6, 6.07) is 7.40. The van der Waals surface area contributed by atoms with Gasteiger partial charge in [0.2, 0.25) is 0 Å². The van der Waals surface area contributed by atoms with Crippen LogP contribution in [0.15, 0.2) is 18.2 Å². The number of nitrogens with zero attached hydrogens (tertiary/aromatic N) is 1. The van der Waals surface area contributed by atoms with Crippen molar-refractivity contribution >= 4 is 12.4 Å². The van der Waals surface area contributed by atoms with Gasteiger partial charge in [0.15, 0.2) is 0 Å². The SMILES string of the molecule is Cc1ccc(C)c(CN2CCNC[C@H]2C)c1.Cl. The summed E-state index contributed by atoms with van der Waals surface area (Å²) in [7, 11) is 0. The summed E-state index contributed by atoms with van der Waals surface area (Å²) in [4.78, 5) is 2.57. The first-order valence-corrected chi connectivity index (χ1v) is 6.17. The first-order valence-electron chi connectivity index (χ1n) is 6.17. The highest BCUT2D eigenvalue weighted by Crippen LogP contribution is 2.15. The molecule has 1 aromatic rings. The molecule has 3 heteroatoms. The van der Waals surface area contributed by atoms with Gasteiger partial charge in [-0.1, -0.05) is 23.8 Å². The largest absolute Gasteiger partial charge is 0.314 e. The molecule has 0 amide bonds. The van der Waals surface area contributed by atoms with E-state index >= 15 is 0 Å². The van der Waals surface area contributed by atoms with E-state index in [2.05, 4.69) is 49.2 Å². The molecular formula is C14H23ClN2. The highest BCUT2D eigenvalue weighted by Gasteiger charge is 2.18. The fourth-order valence-corrected chi connectivity index (χ4v) is 2.31. The summed E-state index contributed by atoms with van der Waals surface area (Å²) in [5, 5.41) is 3.43. The molecule has 0 spiro atoms. The highest BCUT2D eigenvalue weighted by atomic mass is 35.5. The number of piperazine rings is 1. The standard InChI is InChI=1S/C14H22N2.ClH/c1-11-4-5-12(2)14(8-11)10-16-7-6-15-9-13(16)3;/h4-5,8,13,15H,6-7,9-10H2,1-3H3;1H/t13-;/m1./s1. The van der Waals surface area contributed by atoms with Gasteiger partial charge in [-0.25, -0.2) is 0 Å². The normalized spacial score (nSPS) is 21.0. The van der Waals surface area contributed by atoms with Crippen molar-refractivity contribution in [2.75, 3.05) is 19.6 Å². The topological polar surface area (TPSA) is 15.3 Å². The van der Waals surface area contributed by atoms with Gasteiger partial charge in [-0.3, -0.25) is 4.90 Å². The molecule has 1 aliphatic heterocycles. The molecule has 0 unspecified atom stereocenters. The average Bonchev–Trinajstić information content (AvgIpc) is 2.27. The van der Waals surface area contributed by atoms with Crippen LogP contribution in [-0.2, 0) is 6.54 Å². The number of benzene rings is 1. The summed E-state index contributed by atoms with van der Waals surface area (Å²) < 4.78 is 0. The van der Waals surface area contributed by atoms with Crippen molar-refractivity contribution in [3.8, 4) is 0 Å². The highest BCUT2D eigenvalue weighted by molar-refractivity contribution is 5.85. The zero-order valence-electron chi connectivity index (χ0n) is 11.0. The summed E-state index contributed by atoms with van der Waals surface area (Å²) >= 11 is 0. The molecule has 1 saturated heterocycles. The Balaban J connectivity index is 0.00000144. The molecule has 17 heavy (non-hydrogen) atoms. The monoisotopic (exact) mass is 254 g/mol. The Labute approximate surface area is 111 Å². The molecule has 1 atom stereocenters. The Morgan fingerprint density at radius 2 is 2.12 bits per heavy atom. The molecule has 2 nitrogen and oxygen atoms in total. The Kier molecular flexibility index (Phi) is 5.44. The fourth-order valence-electron chi connectivity index (χ4n) is 2.31. The van der Waals surface area contributed by atoms with Crippen LogP contribution >= 0.6 is 12.4 Å². The molecule has 1 fully saturated rings. The molecule has 0 aromatic heterocycles. The summed E-state index contributed by atoms with van der Waals surface area (Å²) in [6.07, 6.45) is 0. The second-order valence-electron chi connectivity index (χ2n) is 4.95. The molecular weight excluding hydrogens is 232 g/mol. The van der Waals surface area contributed by atoms with Crippen molar-refractivity contribution in [3.05, 3.63) is 34.9 Å². The molecule has 0 radical (unpaired) electrons. The lowest BCUT2D eigenvalue weighted by molar-refractivity contribution is 0.165. The lowest BCUT2D eigenvalue weighted by Crippen LogP contribution is -2.49. The van der Waals surface area contributed by atoms with E-state index in [1.807, 2.05) is 0 Å². The summed E-state index contributed by atoms with van der Waals surface area (Å²) in [6.45, 7) is 11.2. The molecule has 0 saturated carbocycles. The Bertz CT molecular complexity index is 365. The van der Waals surface area contributed by atoms with E-state index in [4.69, 9.17) is 0 Å². The van der Waals surface area contributed by atoms with E-state index in [1.54, 1.807) is 0 Å². The Morgan fingerprint density at radius 3 is 2.82 bits per heavy atom. The second-order valence-corrected chi connectivity index (χ2v) is 4.95. The Morgan fingerprint density at radius 1 is 1.35 bits per heavy atom. The minimum atomic E-state index is 0. The molecule has 0 bridgehead atoms. The summed E-state index contributed by atoms with van der Waals surface area (Å²) in [5.41, 5.74) is 4.26. The zero-order chi connectivity index (χ0) is 11.5. The quantitative estimate of drug-likeness (QED) is 0.873. The van der Waals surface area contributed by atoms with E-state index < -0.39 is 0 Å². The number of rotatable bonds is 2. The maximum atomic E-state index is 3.43. The smallest absolute Gasteiger partial charge is 0.0240 e. The molecule has 1 aliphatic rings. The fraction of sp³-hybridized carbons (Fsp3) is 0.571. The van der Waals surface area contributed by atoms with Gasteiger partial charge in [0.1, 0.15) is 0 Å². The van der Waals surface area contributed by atoms with Crippen LogP contribution in [0.5, 0.6) is 0 Å². The molecule has 1 heterocycles. The maximum Gasteiger partial charge on any atom is 0.0240 e. The van der Waals surface area contributed by atoms with Crippen LogP contribution in [0.4, 0.5) is 0 Å². The van der Waals surface area contributed by atoms with Crippen molar-refractivity contribution in [2.24, 2.45) is 0 Å². The number of halogens is 1. The van der Waals surface area contributed by atoms with Crippen molar-refractivity contribution in [3.63, 3.8) is 0 Å². The van der Waals surface area contributed by atoms with Crippen LogP contribution < -0.4 is 5.32 Å². The van der Waals surface area contributed by atoms with E-state index in [0.29, 0.717) is 6.04 Å². The van der Waals surface area contributed by atoms with Crippen molar-refractivity contribution in [2.45, 2.75) is 33.4 Å². The van der Waals surface area contributed by atoms with Crippen LogP contribution in [0.2, 0.25) is 0 Å². The lowest BCUT2D eigenvalue weighted by Gasteiger charge is -2.34. The third-order valence-corrected chi connectivity index (χ3v) is 3.52. The zero-order valence-corrected chi connectivity index (χ0v) is 11.8. The van der Waals surface area contributed by atoms with Gasteiger partial charge in [-0.15, -0.1) is 12.4 Å². The van der Waals surface area contributed by atoms with Gasteiger partial charge < -0.3 is 5.32 Å². The van der Waals surface area contributed by atoms with Gasteiger partial charge in [0, 0.05) is 32.2 Å². The van der Waals surface area contributed by atoms with Crippen molar-refractivity contribution in [1.29, 1.82) is 0 Å². The predicted octanol–water partition coefficient (Wildman–Crippen LogP) is 2.52. The van der Waals surface area contributed by atoms with Gasteiger partial charge >= 0.3 is 0 Å². The molecule has 96 valence electrons. The van der Waals surface area contributed by atoms with Gasteiger partial charge in [0.25, 0.3) is 0 Å². The number of aryl methyl sites for hydroxylation is 2. The second kappa shape index (κ2) is 6.39. The van der Waals surface area contributed by atoms with Crippen LogP contribution in [0.1, 0.15) is 23.6 Å². The Hall–Kier alpha value is -0.570. The first kappa shape index (κ1) is 14.5. The summed E-state index contributed by atoms with van der Waals surface area (Å²) in [5.74, 6) is 0. The third-order valence-electron chi connectivity index (χ3n) is 3.52. The van der Waals surface area contributed by atoms with Crippen molar-refractivity contribution in [1.82, 2.24) is 10.2 Å². The minimum Gasteiger partial charge on any atom is -0.314 e. The lowest BCUT2D eigenvalue weighted by atomic mass is 10.0. The first-order chi connectivity index (χ1) is 7.66. The van der Waals surface area contributed by atoms with Gasteiger partial charge in [-0.05, 0) is 31.9 Å². The van der Waals surface area contributed by atoms with E-state index in [9.17, 15) is 0 Å². The minimum absolute atomic E-state index is 0. The predicted molar refractivity (Wildman–Crippen MR) is 75.9 cm³/mol. The molecule has 1 N–H and O–H groups in total. The molecule has 1 aromatic carbocycles. The molecule has 0 aliphatic carbocycles. The van der Waals surface area contributed by atoms with Gasteiger partial charge in [0.05, 0.1) is 0 Å². The van der Waals surface area contributed by atoms with E-state index in [1.165, 1.54) is 16.7 Å². The van der Waals surface area contributed by atoms with Gasteiger partial charge in [-0.2, -0.15) is 0 Å². The number of hydrogen-bond donors (Lipinski definition) is 1. The number of hydrogen-bond acceptors (Lipinski definition) is 2. The van der Waals surface area contributed by atoms with Crippen LogP contribution in [-0.4, -0.2) is 30.6 Å². The van der Waals surface area contributed by atoms with E-state index in [-0.39, 0.29) is 12.4 Å². The van der Waals surface area contributed by atoms with Crippen LogP contribution in [0.25, 0.3) is 0 Å². The molecule has 2 rings (SSSR count). The number of nitrogens with one attached hydrogen (secondary N) is 1. The average molecular weight is 255 g/mol.